The number of carbonyl (C=O) groups is 1. The van der Waals surface area contributed by atoms with Crippen molar-refractivity contribution in [1.29, 1.82) is 0 Å². The Labute approximate surface area is 131 Å². The van der Waals surface area contributed by atoms with Crippen molar-refractivity contribution >= 4 is 17.3 Å². The first-order valence-corrected chi connectivity index (χ1v) is 7.57. The average Bonchev–Trinajstić information content (AvgIpc) is 3.19. The van der Waals surface area contributed by atoms with E-state index in [1.54, 1.807) is 18.6 Å². The molecule has 0 spiro atoms. The van der Waals surface area contributed by atoms with Gasteiger partial charge in [0.05, 0.1) is 12.9 Å². The Morgan fingerprint density at radius 2 is 2.14 bits per heavy atom. The second kappa shape index (κ2) is 6.44. The molecule has 112 valence electrons. The predicted molar refractivity (Wildman–Crippen MR) is 84.4 cm³/mol. The molecule has 22 heavy (non-hydrogen) atoms. The van der Waals surface area contributed by atoms with Gasteiger partial charge in [-0.05, 0) is 24.3 Å². The summed E-state index contributed by atoms with van der Waals surface area (Å²) in [5.74, 6) is -0.156. The molecular formula is C16H14N2O3S. The number of para-hydroxylation sites is 1. The van der Waals surface area contributed by atoms with E-state index in [4.69, 9.17) is 9.84 Å². The van der Waals surface area contributed by atoms with Crippen LogP contribution in [0, 0.1) is 0 Å². The highest BCUT2D eigenvalue weighted by Crippen LogP contribution is 2.34. The number of aromatic carboxylic acids is 1. The maximum atomic E-state index is 11.0. The number of benzene rings is 1. The van der Waals surface area contributed by atoms with Gasteiger partial charge in [-0.2, -0.15) is 0 Å². The summed E-state index contributed by atoms with van der Waals surface area (Å²) >= 11 is 1.24. The lowest BCUT2D eigenvalue weighted by Gasteiger charge is -2.10. The van der Waals surface area contributed by atoms with Crippen LogP contribution in [0.3, 0.4) is 0 Å². The first-order chi connectivity index (χ1) is 10.7. The molecule has 0 saturated heterocycles. The molecule has 0 saturated carbocycles. The topological polar surface area (TPSA) is 64.3 Å². The van der Waals surface area contributed by atoms with E-state index in [1.165, 1.54) is 11.3 Å². The van der Waals surface area contributed by atoms with Gasteiger partial charge in [-0.25, -0.2) is 9.78 Å². The van der Waals surface area contributed by atoms with Crippen LogP contribution in [0.15, 0.2) is 55.1 Å². The van der Waals surface area contributed by atoms with E-state index in [1.807, 2.05) is 41.1 Å². The molecule has 0 fully saturated rings. The van der Waals surface area contributed by atoms with Crippen molar-refractivity contribution in [3.8, 4) is 16.2 Å². The molecular weight excluding hydrogens is 300 g/mol. The third-order valence-electron chi connectivity index (χ3n) is 3.14. The predicted octanol–water partition coefficient (Wildman–Crippen LogP) is 3.39. The smallest absolute Gasteiger partial charge is 0.345 e. The molecule has 0 radical (unpaired) electrons. The summed E-state index contributed by atoms with van der Waals surface area (Å²) < 4.78 is 7.79. The maximum Gasteiger partial charge on any atom is 0.345 e. The van der Waals surface area contributed by atoms with Crippen LogP contribution in [0.4, 0.5) is 0 Å². The standard InChI is InChI=1S/C16H14N2O3S/c19-16(20)15-6-5-14(22-15)12-3-1-2-4-13(12)21-10-9-18-8-7-17-11-18/h1-8,11H,9-10H2,(H,19,20). The minimum Gasteiger partial charge on any atom is -0.491 e. The molecule has 0 aliphatic rings. The van der Waals surface area contributed by atoms with E-state index in [0.717, 1.165) is 16.2 Å². The summed E-state index contributed by atoms with van der Waals surface area (Å²) in [5, 5.41) is 9.03. The fraction of sp³-hybridized carbons (Fsp3) is 0.125. The highest BCUT2D eigenvalue weighted by Gasteiger charge is 2.11. The third-order valence-corrected chi connectivity index (χ3v) is 4.24. The van der Waals surface area contributed by atoms with Gasteiger partial charge >= 0.3 is 5.97 Å². The van der Waals surface area contributed by atoms with Crippen LogP contribution < -0.4 is 4.74 Å². The second-order valence-electron chi connectivity index (χ2n) is 4.61. The maximum absolute atomic E-state index is 11.0. The molecule has 2 aromatic heterocycles. The van der Waals surface area contributed by atoms with Crippen LogP contribution in [-0.4, -0.2) is 27.2 Å². The number of imidazole rings is 1. The Balaban J connectivity index is 1.75. The Hall–Kier alpha value is -2.60. The Morgan fingerprint density at radius 3 is 2.86 bits per heavy atom. The van der Waals surface area contributed by atoms with Crippen molar-refractivity contribution in [2.24, 2.45) is 0 Å². The zero-order chi connectivity index (χ0) is 15.4. The van der Waals surface area contributed by atoms with Crippen molar-refractivity contribution in [3.63, 3.8) is 0 Å². The van der Waals surface area contributed by atoms with Gasteiger partial charge in [0.1, 0.15) is 17.2 Å². The Kier molecular flexibility index (Phi) is 4.20. The monoisotopic (exact) mass is 314 g/mol. The first-order valence-electron chi connectivity index (χ1n) is 6.75. The van der Waals surface area contributed by atoms with E-state index in [9.17, 15) is 4.79 Å². The molecule has 3 rings (SSSR count). The van der Waals surface area contributed by atoms with E-state index < -0.39 is 5.97 Å². The van der Waals surface area contributed by atoms with Gasteiger partial charge in [0.15, 0.2) is 0 Å². The summed E-state index contributed by atoms with van der Waals surface area (Å²) in [5.41, 5.74) is 0.908. The lowest BCUT2D eigenvalue weighted by molar-refractivity contribution is 0.0702. The molecule has 0 amide bonds. The van der Waals surface area contributed by atoms with Crippen molar-refractivity contribution in [3.05, 3.63) is 60.0 Å². The van der Waals surface area contributed by atoms with Crippen molar-refractivity contribution < 1.29 is 14.6 Å². The number of ether oxygens (including phenoxy) is 1. The quantitative estimate of drug-likeness (QED) is 0.757. The third kappa shape index (κ3) is 3.17. The molecule has 6 heteroatoms. The SMILES string of the molecule is O=C(O)c1ccc(-c2ccccc2OCCn2ccnc2)s1. The number of hydrogen-bond donors (Lipinski definition) is 1. The van der Waals surface area contributed by atoms with E-state index in [0.29, 0.717) is 18.0 Å². The van der Waals surface area contributed by atoms with E-state index in [-0.39, 0.29) is 0 Å². The van der Waals surface area contributed by atoms with Crippen molar-refractivity contribution in [2.75, 3.05) is 6.61 Å². The lowest BCUT2D eigenvalue weighted by atomic mass is 10.1. The molecule has 0 bridgehead atoms. The highest BCUT2D eigenvalue weighted by molar-refractivity contribution is 7.17. The zero-order valence-electron chi connectivity index (χ0n) is 11.7. The van der Waals surface area contributed by atoms with Crippen LogP contribution >= 0.6 is 11.3 Å². The van der Waals surface area contributed by atoms with Crippen LogP contribution in [0.25, 0.3) is 10.4 Å². The fourth-order valence-electron chi connectivity index (χ4n) is 2.07. The molecule has 1 aromatic carbocycles. The number of nitrogens with zero attached hydrogens (tertiary/aromatic N) is 2. The fourth-order valence-corrected chi connectivity index (χ4v) is 2.95. The molecule has 0 atom stereocenters. The number of aromatic nitrogens is 2. The van der Waals surface area contributed by atoms with Crippen LogP contribution in [-0.2, 0) is 6.54 Å². The van der Waals surface area contributed by atoms with Gasteiger partial charge in [-0.3, -0.25) is 0 Å². The molecule has 1 N–H and O–H groups in total. The summed E-state index contributed by atoms with van der Waals surface area (Å²) in [7, 11) is 0. The zero-order valence-corrected chi connectivity index (χ0v) is 12.5. The second-order valence-corrected chi connectivity index (χ2v) is 5.70. The van der Waals surface area contributed by atoms with Gasteiger partial charge in [0.2, 0.25) is 0 Å². The van der Waals surface area contributed by atoms with Crippen LogP contribution in [0.1, 0.15) is 9.67 Å². The molecule has 0 aliphatic carbocycles. The molecule has 0 aliphatic heterocycles. The number of carboxylic acids is 1. The minimum atomic E-state index is -0.908. The van der Waals surface area contributed by atoms with Gasteiger partial charge in [0.25, 0.3) is 0 Å². The average molecular weight is 314 g/mol. The largest absolute Gasteiger partial charge is 0.491 e. The normalized spacial score (nSPS) is 10.5. The Bertz CT molecular complexity index is 765. The number of rotatable bonds is 6. The molecule has 2 heterocycles. The van der Waals surface area contributed by atoms with Crippen LogP contribution in [0.5, 0.6) is 5.75 Å². The van der Waals surface area contributed by atoms with Gasteiger partial charge in [-0.15, -0.1) is 11.3 Å². The van der Waals surface area contributed by atoms with E-state index in [2.05, 4.69) is 4.98 Å². The number of carboxylic acid groups (broad SMARTS) is 1. The summed E-state index contributed by atoms with van der Waals surface area (Å²) in [6.07, 6.45) is 5.36. The number of thiophene rings is 1. The molecule has 0 unspecified atom stereocenters. The summed E-state index contributed by atoms with van der Waals surface area (Å²) in [6, 6.07) is 11.1. The van der Waals surface area contributed by atoms with E-state index >= 15 is 0 Å². The first kappa shape index (κ1) is 14.3. The highest BCUT2D eigenvalue weighted by atomic mass is 32.1. The van der Waals surface area contributed by atoms with Gasteiger partial charge in [-0.1, -0.05) is 12.1 Å². The number of hydrogen-bond acceptors (Lipinski definition) is 4. The Morgan fingerprint density at radius 1 is 1.27 bits per heavy atom. The van der Waals surface area contributed by atoms with Crippen molar-refractivity contribution in [1.82, 2.24) is 9.55 Å². The van der Waals surface area contributed by atoms with Crippen LogP contribution in [0.2, 0.25) is 0 Å². The summed E-state index contributed by atoms with van der Waals surface area (Å²) in [6.45, 7) is 1.23. The summed E-state index contributed by atoms with van der Waals surface area (Å²) in [4.78, 5) is 16.2. The molecule has 3 aromatic rings. The molecule has 5 nitrogen and oxygen atoms in total. The van der Waals surface area contributed by atoms with Crippen molar-refractivity contribution in [2.45, 2.75) is 6.54 Å². The van der Waals surface area contributed by atoms with Gasteiger partial charge < -0.3 is 14.4 Å². The minimum absolute atomic E-state index is 0.322. The lowest BCUT2D eigenvalue weighted by Crippen LogP contribution is -2.06. The van der Waals surface area contributed by atoms with Gasteiger partial charge in [0, 0.05) is 22.8 Å².